The average Bonchev–Trinajstić information content (AvgIpc) is 3.34. The monoisotopic (exact) mass is 1050 g/mol. The van der Waals surface area contributed by atoms with E-state index in [2.05, 4.69) is 10.6 Å². The summed E-state index contributed by atoms with van der Waals surface area (Å²) in [7, 11) is 3.08. The number of benzene rings is 5. The zero-order valence-corrected chi connectivity index (χ0v) is 44.8. The van der Waals surface area contributed by atoms with Crippen molar-refractivity contribution in [1.29, 1.82) is 0 Å². The lowest BCUT2D eigenvalue weighted by Gasteiger charge is -2.22. The van der Waals surface area contributed by atoms with Gasteiger partial charge in [-0.2, -0.15) is 8.42 Å². The van der Waals surface area contributed by atoms with Crippen molar-refractivity contribution in [3.05, 3.63) is 126 Å². The first-order valence-electron chi connectivity index (χ1n) is 22.9. The van der Waals surface area contributed by atoms with Crippen molar-refractivity contribution in [2.24, 2.45) is 0 Å². The van der Waals surface area contributed by atoms with Crippen LogP contribution in [0.1, 0.15) is 58.2 Å². The Morgan fingerprint density at radius 1 is 0.554 bits per heavy atom. The van der Waals surface area contributed by atoms with Crippen LogP contribution in [-0.4, -0.2) is 116 Å². The second-order valence-corrected chi connectivity index (χ2v) is 19.6. The van der Waals surface area contributed by atoms with Gasteiger partial charge in [0.25, 0.3) is 0 Å². The van der Waals surface area contributed by atoms with E-state index in [9.17, 15) is 27.6 Å². The van der Waals surface area contributed by atoms with E-state index in [-0.39, 0.29) is 28.9 Å². The lowest BCUT2D eigenvalue weighted by molar-refractivity contribution is -0.143. The predicted octanol–water partition coefficient (Wildman–Crippen LogP) is 6.73. The Morgan fingerprint density at radius 3 is 1.28 bits per heavy atom. The Morgan fingerprint density at radius 2 is 0.932 bits per heavy atom. The highest BCUT2D eigenvalue weighted by Gasteiger charge is 2.28. The smallest absolute Gasteiger partial charge is 0.496 e. The van der Waals surface area contributed by atoms with Crippen molar-refractivity contribution in [3.63, 3.8) is 0 Å². The van der Waals surface area contributed by atoms with Gasteiger partial charge in [-0.05, 0) is 114 Å². The van der Waals surface area contributed by atoms with Gasteiger partial charge in [0.1, 0.15) is 56.9 Å². The zero-order chi connectivity index (χ0) is 55.4. The van der Waals surface area contributed by atoms with Crippen LogP contribution < -0.4 is 39.2 Å². The number of alkyl carbamates (subject to hydrolysis) is 2. The third-order valence-electron chi connectivity index (χ3n) is 10.1. The molecule has 74 heavy (non-hydrogen) atoms. The summed E-state index contributed by atoms with van der Waals surface area (Å²) < 4.78 is 70.8. The fourth-order valence-corrected chi connectivity index (χ4v) is 7.61. The molecule has 2 amide bonds. The van der Waals surface area contributed by atoms with Gasteiger partial charge >= 0.3 is 41.4 Å². The van der Waals surface area contributed by atoms with Crippen LogP contribution in [0.3, 0.4) is 0 Å². The first-order valence-corrected chi connectivity index (χ1v) is 24.3. The largest absolute Gasteiger partial charge is 0.497 e. The van der Waals surface area contributed by atoms with Crippen LogP contribution in [-0.2, 0) is 51.5 Å². The standard InChI is InChI=1S/C23H29NO6.C22H27NO7S.C8H11BO4/c1-23(2,3)30-22(26)24-17(21(25)29-6)14-15-10-12-16(13-11-15)20-18(27-4)8-7-9-19(20)28-5;1-15-6-12-18(13-7-15)31(26,27)30-17-10-8-16(9-11-17)14-19(20(24)28-5)23-21(25)29-22(2,3)4;1-12-6-4-3-5-7(13-2)8(6)9(10)11/h7-13,17H,14H2,1-6H3,(H,24,26);6-13,19H,14H2,1-5H3,(H,23,25);3-5,10-11H,1-2H3/t17-;19-;/m00./s1. The van der Waals surface area contributed by atoms with Crippen LogP contribution in [0.2, 0.25) is 0 Å². The van der Waals surface area contributed by atoms with Crippen molar-refractivity contribution >= 4 is 46.8 Å². The molecule has 0 heterocycles. The highest BCUT2D eigenvalue weighted by Crippen LogP contribution is 2.38. The molecule has 2 atom stereocenters. The number of carbonyl (C=O) groups excluding carboxylic acids is 4. The maximum Gasteiger partial charge on any atom is 0.496 e. The number of ether oxygens (including phenoxy) is 8. The number of methoxy groups -OCH3 is 6. The summed E-state index contributed by atoms with van der Waals surface area (Å²) in [4.78, 5) is 48.4. The van der Waals surface area contributed by atoms with Crippen LogP contribution in [0.4, 0.5) is 9.59 Å². The first kappa shape index (κ1) is 60.8. The summed E-state index contributed by atoms with van der Waals surface area (Å²) in [5.74, 6) is 1.13. The SMILES string of the molecule is COC(=O)[C@H](Cc1ccc(-c2c(OC)cccc2OC)cc1)NC(=O)OC(C)(C)C.COC(=O)[C@H](Cc1ccc(OS(=O)(=O)c2ccc(C)cc2)cc1)NC(=O)OC(C)(C)C.COc1cccc(OC)c1B(O)O. The molecule has 19 nitrogen and oxygen atoms in total. The Balaban J connectivity index is 0.000000316. The molecule has 0 bridgehead atoms. The number of carbonyl (C=O) groups is 4. The quantitative estimate of drug-likeness (QED) is 0.0326. The molecule has 0 aliphatic rings. The van der Waals surface area contributed by atoms with Gasteiger partial charge in [0.05, 0.1) is 53.7 Å². The van der Waals surface area contributed by atoms with Crippen molar-refractivity contribution in [3.8, 4) is 39.9 Å². The molecule has 0 spiro atoms. The number of nitrogens with one attached hydrogen (secondary N) is 2. The van der Waals surface area contributed by atoms with Crippen LogP contribution in [0.5, 0.6) is 28.7 Å². The predicted molar refractivity (Wildman–Crippen MR) is 278 cm³/mol. The van der Waals surface area contributed by atoms with E-state index >= 15 is 0 Å². The fraction of sp³-hybridized carbons (Fsp3) is 0.358. The molecule has 0 unspecified atom stereocenters. The minimum absolute atomic E-state index is 0.0505. The van der Waals surface area contributed by atoms with Crippen molar-refractivity contribution in [1.82, 2.24) is 10.6 Å². The zero-order valence-electron chi connectivity index (χ0n) is 44.0. The topological polar surface area (TPSA) is 250 Å². The van der Waals surface area contributed by atoms with Crippen LogP contribution >= 0.6 is 0 Å². The maximum absolute atomic E-state index is 12.4. The van der Waals surface area contributed by atoms with Crippen molar-refractivity contribution in [2.75, 3.05) is 42.7 Å². The molecule has 5 rings (SSSR count). The van der Waals surface area contributed by atoms with Crippen molar-refractivity contribution in [2.45, 2.75) is 89.5 Å². The molecule has 0 saturated carbocycles. The van der Waals surface area contributed by atoms with E-state index in [1.807, 2.05) is 49.4 Å². The van der Waals surface area contributed by atoms with Crippen LogP contribution in [0.25, 0.3) is 11.1 Å². The highest BCUT2D eigenvalue weighted by atomic mass is 32.2. The van der Waals surface area contributed by atoms with Gasteiger partial charge in [0, 0.05) is 12.8 Å². The average molecular weight is 1050 g/mol. The summed E-state index contributed by atoms with van der Waals surface area (Å²) in [5, 5.41) is 23.2. The molecule has 0 aromatic heterocycles. The Bertz CT molecular complexity index is 2680. The van der Waals surface area contributed by atoms with Gasteiger partial charge in [-0.15, -0.1) is 0 Å². The number of esters is 2. The van der Waals surface area contributed by atoms with E-state index in [1.54, 1.807) is 98.2 Å². The normalized spacial score (nSPS) is 11.8. The van der Waals surface area contributed by atoms with Gasteiger partial charge in [0.2, 0.25) is 0 Å². The van der Waals surface area contributed by atoms with E-state index in [1.165, 1.54) is 52.7 Å². The summed E-state index contributed by atoms with van der Waals surface area (Å²) in [5.41, 5.74) is 3.04. The first-order chi connectivity index (χ1) is 34.8. The molecule has 4 N–H and O–H groups in total. The van der Waals surface area contributed by atoms with Gasteiger partial charge in [0.15, 0.2) is 0 Å². The Kier molecular flexibility index (Phi) is 23.1. The molecule has 0 aliphatic carbocycles. The third kappa shape index (κ3) is 19.5. The van der Waals surface area contributed by atoms with E-state index in [0.717, 1.165) is 22.3 Å². The summed E-state index contributed by atoms with van der Waals surface area (Å²) in [6.07, 6.45) is -1.04. The van der Waals surface area contributed by atoms with Gasteiger partial charge in [-0.3, -0.25) is 0 Å². The Labute approximate surface area is 433 Å². The molecule has 21 heteroatoms. The molecule has 0 fully saturated rings. The van der Waals surface area contributed by atoms with Gasteiger partial charge < -0.3 is 62.8 Å². The lowest BCUT2D eigenvalue weighted by Crippen LogP contribution is -2.45. The number of hydrogen-bond acceptors (Lipinski definition) is 17. The molecule has 5 aromatic rings. The van der Waals surface area contributed by atoms with Crippen molar-refractivity contribution < 1.29 is 79.7 Å². The summed E-state index contributed by atoms with van der Waals surface area (Å²) in [6, 6.07) is 28.8. The number of aryl methyl sites for hydroxylation is 1. The third-order valence-corrected chi connectivity index (χ3v) is 11.3. The number of hydrogen-bond donors (Lipinski definition) is 4. The van der Waals surface area contributed by atoms with Crippen LogP contribution in [0.15, 0.2) is 114 Å². The number of amides is 2. The summed E-state index contributed by atoms with van der Waals surface area (Å²) in [6.45, 7) is 12.3. The number of rotatable bonds is 17. The molecule has 400 valence electrons. The molecular formula is C53H67BN2O17S. The second-order valence-electron chi connectivity index (χ2n) is 18.0. The second kappa shape index (κ2) is 28.1. The van der Waals surface area contributed by atoms with E-state index < -0.39 is 64.6 Å². The minimum atomic E-state index is -3.96. The molecule has 0 saturated heterocycles. The van der Waals surface area contributed by atoms with Gasteiger partial charge in [-0.25, -0.2) is 19.2 Å². The minimum Gasteiger partial charge on any atom is -0.497 e. The van der Waals surface area contributed by atoms with E-state index in [0.29, 0.717) is 28.6 Å². The highest BCUT2D eigenvalue weighted by molar-refractivity contribution is 7.87. The van der Waals surface area contributed by atoms with Crippen LogP contribution in [0, 0.1) is 6.92 Å². The maximum atomic E-state index is 12.4. The molecular weight excluding hydrogens is 979 g/mol. The molecule has 0 aliphatic heterocycles. The van der Waals surface area contributed by atoms with Gasteiger partial charge in [-0.1, -0.05) is 66.2 Å². The summed E-state index contributed by atoms with van der Waals surface area (Å²) >= 11 is 0. The lowest BCUT2D eigenvalue weighted by atomic mass is 9.78. The fourth-order valence-electron chi connectivity index (χ4n) is 6.68. The molecule has 5 aromatic carbocycles. The Hall–Kier alpha value is -7.49. The molecule has 0 radical (unpaired) electrons. The van der Waals surface area contributed by atoms with E-state index in [4.69, 9.17) is 52.1 Å².